The van der Waals surface area contributed by atoms with Crippen LogP contribution in [0.4, 0.5) is 10.5 Å². The number of hydrogen-bond donors (Lipinski definition) is 3. The van der Waals surface area contributed by atoms with E-state index in [4.69, 9.17) is 15.2 Å². The summed E-state index contributed by atoms with van der Waals surface area (Å²) in [7, 11) is 1.52. The summed E-state index contributed by atoms with van der Waals surface area (Å²) in [6.45, 7) is 0.359. The standard InChI is InChI=1S/C13H17N3O5/c1-20-7-6-15-11(17)8-21-12(18)9-2-4-10(5-3-9)16-13(14)19/h2-5H,6-8H2,1H3,(H,15,17)(H3,14,16,19). The molecular formula is C13H17N3O5. The Morgan fingerprint density at radius 2 is 1.86 bits per heavy atom. The number of carbonyl (C=O) groups excluding carboxylic acids is 3. The molecule has 1 rings (SSSR count). The second-order valence-corrected chi connectivity index (χ2v) is 3.99. The summed E-state index contributed by atoms with van der Waals surface area (Å²) in [5, 5.41) is 4.88. The maximum atomic E-state index is 11.7. The fourth-order valence-corrected chi connectivity index (χ4v) is 1.39. The second kappa shape index (κ2) is 8.54. The molecule has 0 aliphatic carbocycles. The van der Waals surface area contributed by atoms with E-state index in [1.807, 2.05) is 0 Å². The number of anilines is 1. The Balaban J connectivity index is 2.41. The predicted molar refractivity (Wildman–Crippen MR) is 74.8 cm³/mol. The van der Waals surface area contributed by atoms with Crippen LogP contribution in [0.2, 0.25) is 0 Å². The molecule has 0 aromatic heterocycles. The Hall–Kier alpha value is -2.61. The second-order valence-electron chi connectivity index (χ2n) is 3.99. The van der Waals surface area contributed by atoms with E-state index in [2.05, 4.69) is 10.6 Å². The molecule has 0 aliphatic heterocycles. The van der Waals surface area contributed by atoms with Crippen LogP contribution in [-0.2, 0) is 14.3 Å². The van der Waals surface area contributed by atoms with E-state index in [1.165, 1.54) is 31.4 Å². The van der Waals surface area contributed by atoms with Crippen LogP contribution in [0.3, 0.4) is 0 Å². The van der Waals surface area contributed by atoms with Crippen molar-refractivity contribution >= 4 is 23.6 Å². The van der Waals surface area contributed by atoms with Crippen LogP contribution in [0.15, 0.2) is 24.3 Å². The van der Waals surface area contributed by atoms with Crippen LogP contribution in [-0.4, -0.2) is 44.8 Å². The normalized spacial score (nSPS) is 9.76. The van der Waals surface area contributed by atoms with Gasteiger partial charge in [0.05, 0.1) is 12.2 Å². The van der Waals surface area contributed by atoms with Gasteiger partial charge in [-0.2, -0.15) is 0 Å². The highest BCUT2D eigenvalue weighted by atomic mass is 16.5. The summed E-state index contributed by atoms with van der Waals surface area (Å²) >= 11 is 0. The number of nitrogens with two attached hydrogens (primary N) is 1. The molecule has 0 unspecified atom stereocenters. The summed E-state index contributed by atoms with van der Waals surface area (Å²) in [4.78, 5) is 33.6. The van der Waals surface area contributed by atoms with E-state index < -0.39 is 17.9 Å². The fraction of sp³-hybridized carbons (Fsp3) is 0.308. The highest BCUT2D eigenvalue weighted by Crippen LogP contribution is 2.10. The fourth-order valence-electron chi connectivity index (χ4n) is 1.39. The first-order chi connectivity index (χ1) is 10.0. The molecule has 4 N–H and O–H groups in total. The summed E-state index contributed by atoms with van der Waals surface area (Å²) in [5.74, 6) is -1.05. The molecule has 3 amide bonds. The maximum Gasteiger partial charge on any atom is 0.338 e. The molecule has 0 aliphatic rings. The van der Waals surface area contributed by atoms with Gasteiger partial charge >= 0.3 is 12.0 Å². The smallest absolute Gasteiger partial charge is 0.338 e. The SMILES string of the molecule is COCCNC(=O)COC(=O)c1ccc(NC(N)=O)cc1. The average Bonchev–Trinajstić information content (AvgIpc) is 2.45. The lowest BCUT2D eigenvalue weighted by Gasteiger charge is -2.07. The minimum absolute atomic E-state index is 0.259. The van der Waals surface area contributed by atoms with Crippen LogP contribution in [0.25, 0.3) is 0 Å². The topological polar surface area (TPSA) is 120 Å². The number of methoxy groups -OCH3 is 1. The van der Waals surface area contributed by atoms with Gasteiger partial charge in [-0.3, -0.25) is 4.79 Å². The Morgan fingerprint density at radius 3 is 2.43 bits per heavy atom. The maximum absolute atomic E-state index is 11.7. The van der Waals surface area contributed by atoms with E-state index in [9.17, 15) is 14.4 Å². The Kier molecular flexibility index (Phi) is 6.69. The van der Waals surface area contributed by atoms with Gasteiger partial charge in [-0.15, -0.1) is 0 Å². The van der Waals surface area contributed by atoms with Crippen LogP contribution >= 0.6 is 0 Å². The first kappa shape index (κ1) is 16.4. The summed E-state index contributed by atoms with van der Waals surface area (Å²) in [6.07, 6.45) is 0. The number of nitrogens with one attached hydrogen (secondary N) is 2. The number of primary amides is 1. The predicted octanol–water partition coefficient (Wildman–Crippen LogP) is 0.0966. The van der Waals surface area contributed by atoms with Crippen molar-refractivity contribution in [1.29, 1.82) is 0 Å². The third-order valence-electron chi connectivity index (χ3n) is 2.35. The van der Waals surface area contributed by atoms with Gasteiger partial charge in [-0.25, -0.2) is 9.59 Å². The molecule has 8 nitrogen and oxygen atoms in total. The van der Waals surface area contributed by atoms with E-state index in [1.54, 1.807) is 0 Å². The number of ether oxygens (including phenoxy) is 2. The lowest BCUT2D eigenvalue weighted by molar-refractivity contribution is -0.124. The number of benzene rings is 1. The van der Waals surface area contributed by atoms with Crippen molar-refractivity contribution in [3.63, 3.8) is 0 Å². The quantitative estimate of drug-likeness (QED) is 0.486. The van der Waals surface area contributed by atoms with Crippen molar-refractivity contribution in [2.75, 3.05) is 32.2 Å². The first-order valence-electron chi connectivity index (χ1n) is 6.12. The highest BCUT2D eigenvalue weighted by Gasteiger charge is 2.10. The number of amides is 3. The van der Waals surface area contributed by atoms with E-state index in [0.717, 1.165) is 0 Å². The van der Waals surface area contributed by atoms with Crippen molar-refractivity contribution in [1.82, 2.24) is 5.32 Å². The molecule has 0 spiro atoms. The number of rotatable bonds is 7. The Bertz CT molecular complexity index is 501. The Labute approximate surface area is 121 Å². The molecule has 0 radical (unpaired) electrons. The zero-order valence-corrected chi connectivity index (χ0v) is 11.5. The largest absolute Gasteiger partial charge is 0.452 e. The molecule has 0 saturated carbocycles. The molecule has 0 heterocycles. The third-order valence-corrected chi connectivity index (χ3v) is 2.35. The third kappa shape index (κ3) is 6.39. The van der Waals surface area contributed by atoms with Gasteiger partial charge in [-0.05, 0) is 24.3 Å². The monoisotopic (exact) mass is 295 g/mol. The van der Waals surface area contributed by atoms with E-state index in [-0.39, 0.29) is 12.2 Å². The highest BCUT2D eigenvalue weighted by molar-refractivity contribution is 5.93. The Morgan fingerprint density at radius 1 is 1.19 bits per heavy atom. The van der Waals surface area contributed by atoms with Crippen molar-refractivity contribution in [3.05, 3.63) is 29.8 Å². The molecule has 114 valence electrons. The number of carbonyl (C=O) groups is 3. The van der Waals surface area contributed by atoms with Crippen molar-refractivity contribution in [2.45, 2.75) is 0 Å². The lowest BCUT2D eigenvalue weighted by Crippen LogP contribution is -2.31. The summed E-state index contributed by atoms with van der Waals surface area (Å²) in [6, 6.07) is 5.21. The van der Waals surface area contributed by atoms with Crippen LogP contribution in [0, 0.1) is 0 Å². The molecule has 1 aromatic carbocycles. The summed E-state index contributed by atoms with van der Waals surface area (Å²) < 4.78 is 9.60. The first-order valence-corrected chi connectivity index (χ1v) is 6.12. The van der Waals surface area contributed by atoms with E-state index in [0.29, 0.717) is 18.8 Å². The molecule has 0 fully saturated rings. The number of urea groups is 1. The number of esters is 1. The zero-order valence-electron chi connectivity index (χ0n) is 11.5. The van der Waals surface area contributed by atoms with Gasteiger partial charge in [0.25, 0.3) is 5.91 Å². The van der Waals surface area contributed by atoms with Crippen molar-refractivity contribution < 1.29 is 23.9 Å². The van der Waals surface area contributed by atoms with Gasteiger partial charge in [0.15, 0.2) is 6.61 Å². The summed E-state index contributed by atoms with van der Waals surface area (Å²) in [5.41, 5.74) is 5.67. The van der Waals surface area contributed by atoms with Crippen LogP contribution in [0.1, 0.15) is 10.4 Å². The molecule has 8 heteroatoms. The molecule has 1 aromatic rings. The van der Waals surface area contributed by atoms with Gasteiger partial charge < -0.3 is 25.8 Å². The number of hydrogen-bond acceptors (Lipinski definition) is 5. The average molecular weight is 295 g/mol. The van der Waals surface area contributed by atoms with Gasteiger partial charge in [0, 0.05) is 19.3 Å². The zero-order chi connectivity index (χ0) is 15.7. The van der Waals surface area contributed by atoms with Crippen LogP contribution in [0.5, 0.6) is 0 Å². The van der Waals surface area contributed by atoms with Crippen molar-refractivity contribution in [2.24, 2.45) is 5.73 Å². The molecule has 0 saturated heterocycles. The molecular weight excluding hydrogens is 278 g/mol. The van der Waals surface area contributed by atoms with Gasteiger partial charge in [0.2, 0.25) is 0 Å². The van der Waals surface area contributed by atoms with Crippen LogP contribution < -0.4 is 16.4 Å². The lowest BCUT2D eigenvalue weighted by atomic mass is 10.2. The minimum Gasteiger partial charge on any atom is -0.452 e. The van der Waals surface area contributed by atoms with E-state index >= 15 is 0 Å². The molecule has 0 bridgehead atoms. The van der Waals surface area contributed by atoms with Crippen molar-refractivity contribution in [3.8, 4) is 0 Å². The minimum atomic E-state index is -0.696. The van der Waals surface area contributed by atoms with Gasteiger partial charge in [-0.1, -0.05) is 0 Å². The van der Waals surface area contributed by atoms with Gasteiger partial charge in [0.1, 0.15) is 0 Å². The molecule has 0 atom stereocenters. The molecule has 21 heavy (non-hydrogen) atoms.